The Labute approximate surface area is 338 Å². The van der Waals surface area contributed by atoms with E-state index in [0.29, 0.717) is 12.8 Å². The molecule has 0 spiro atoms. The third kappa shape index (κ3) is 36.9. The Bertz CT molecular complexity index is 1000. The van der Waals surface area contributed by atoms with E-state index in [-0.39, 0.29) is 42.7 Å². The van der Waals surface area contributed by atoms with Gasteiger partial charge in [0.15, 0.2) is 6.10 Å². The van der Waals surface area contributed by atoms with Gasteiger partial charge in [0.25, 0.3) is 0 Å². The molecule has 2 unspecified atom stereocenters. The zero-order valence-corrected chi connectivity index (χ0v) is 36.3. The Hall–Kier alpha value is -2.45. The summed E-state index contributed by atoms with van der Waals surface area (Å²) in [6, 6.07) is -0.729. The molecule has 0 fully saturated rings. The number of allylic oxidation sites excluding steroid dienone is 6. The fraction of sp³-hybridized carbons (Fsp3) is 0.809. The highest BCUT2D eigenvalue weighted by Crippen LogP contribution is 2.13. The van der Waals surface area contributed by atoms with Gasteiger partial charge in [0.1, 0.15) is 12.6 Å². The molecule has 2 atom stereocenters. The number of quaternary nitrogens is 1. The van der Waals surface area contributed by atoms with Crippen LogP contribution in [-0.2, 0) is 28.6 Å². The number of carboxylic acids is 1. The summed E-state index contributed by atoms with van der Waals surface area (Å²) < 4.78 is 17.1. The molecule has 8 nitrogen and oxygen atoms in total. The van der Waals surface area contributed by atoms with Gasteiger partial charge in [0, 0.05) is 19.3 Å². The first kappa shape index (κ1) is 52.6. The van der Waals surface area contributed by atoms with Crippen LogP contribution in [0.2, 0.25) is 0 Å². The van der Waals surface area contributed by atoms with Crippen molar-refractivity contribution in [3.8, 4) is 0 Å². The summed E-state index contributed by atoms with van der Waals surface area (Å²) in [6.45, 7) is 4.62. The molecule has 0 saturated heterocycles. The van der Waals surface area contributed by atoms with Gasteiger partial charge in [-0.05, 0) is 64.2 Å². The van der Waals surface area contributed by atoms with Crippen molar-refractivity contribution in [2.45, 2.75) is 206 Å². The Morgan fingerprint density at radius 2 is 0.964 bits per heavy atom. The molecule has 320 valence electrons. The second-order valence-corrected chi connectivity index (χ2v) is 16.3. The summed E-state index contributed by atoms with van der Waals surface area (Å²) in [4.78, 5) is 36.8. The quantitative estimate of drug-likeness (QED) is 0.0201. The van der Waals surface area contributed by atoms with E-state index >= 15 is 0 Å². The van der Waals surface area contributed by atoms with Crippen LogP contribution in [0, 0.1) is 0 Å². The minimum Gasteiger partial charge on any atom is -0.544 e. The number of rotatable bonds is 40. The number of unbranched alkanes of at least 4 members (excludes halogenated alkanes) is 21. The Balaban J connectivity index is 4.36. The van der Waals surface area contributed by atoms with Gasteiger partial charge < -0.3 is 28.6 Å². The summed E-state index contributed by atoms with van der Waals surface area (Å²) in [5, 5.41) is 11.6. The number of carbonyl (C=O) groups is 3. The first-order valence-electron chi connectivity index (χ1n) is 22.5. The number of aliphatic carboxylic acids is 1. The molecule has 0 radical (unpaired) electrons. The summed E-state index contributed by atoms with van der Waals surface area (Å²) in [7, 11) is 5.40. The Morgan fingerprint density at radius 3 is 1.44 bits per heavy atom. The number of carboxylic acid groups (broad SMARTS) is 1. The Kier molecular flexibility index (Phi) is 36.7. The van der Waals surface area contributed by atoms with Crippen molar-refractivity contribution < 1.29 is 38.2 Å². The average Bonchev–Trinajstić information content (AvgIpc) is 3.14. The summed E-state index contributed by atoms with van der Waals surface area (Å²) >= 11 is 0. The highest BCUT2D eigenvalue weighted by molar-refractivity contribution is 5.70. The number of likely N-dealkylation sites (N-methyl/N-ethyl adjacent to an activating group) is 1. The molecule has 0 aromatic carbocycles. The summed E-state index contributed by atoms with van der Waals surface area (Å²) in [5.74, 6) is -1.77. The monoisotopic (exact) mass is 776 g/mol. The first-order chi connectivity index (χ1) is 26.6. The topological polar surface area (TPSA) is 102 Å². The van der Waals surface area contributed by atoms with E-state index < -0.39 is 18.1 Å². The van der Waals surface area contributed by atoms with Crippen molar-refractivity contribution >= 4 is 17.9 Å². The van der Waals surface area contributed by atoms with Crippen LogP contribution in [0.5, 0.6) is 0 Å². The van der Waals surface area contributed by atoms with Crippen LogP contribution in [0.1, 0.15) is 194 Å². The van der Waals surface area contributed by atoms with Gasteiger partial charge >= 0.3 is 11.9 Å². The molecular weight excluding hydrogens is 691 g/mol. The second-order valence-electron chi connectivity index (χ2n) is 16.3. The fourth-order valence-corrected chi connectivity index (χ4v) is 6.47. The predicted octanol–water partition coefficient (Wildman–Crippen LogP) is 10.9. The molecule has 0 saturated carbocycles. The Morgan fingerprint density at radius 1 is 0.545 bits per heavy atom. The molecule has 8 heteroatoms. The van der Waals surface area contributed by atoms with E-state index in [1.54, 1.807) is 21.1 Å². The van der Waals surface area contributed by atoms with Crippen molar-refractivity contribution in [3.63, 3.8) is 0 Å². The number of hydrogen-bond acceptors (Lipinski definition) is 7. The van der Waals surface area contributed by atoms with Crippen LogP contribution < -0.4 is 5.11 Å². The first-order valence-corrected chi connectivity index (χ1v) is 22.5. The standard InChI is InChI=1S/C47H85NO7/c1-6-8-10-12-14-16-18-20-21-22-23-24-26-27-29-31-33-35-37-45(49)54-42-43(41-53-40-39-44(47(51)52)48(3,4)5)55-46(50)38-36-34-32-30-28-25-19-17-15-13-11-9-7-2/h21-25,28,43-44H,6-20,26-27,29-42H2,1-5H3/b22-21+,24-23+,28-25+. The van der Waals surface area contributed by atoms with E-state index in [1.165, 1.54) is 89.9 Å². The van der Waals surface area contributed by atoms with Crippen LogP contribution in [0.4, 0.5) is 0 Å². The van der Waals surface area contributed by atoms with Gasteiger partial charge in [-0.1, -0.05) is 147 Å². The van der Waals surface area contributed by atoms with E-state index in [1.807, 2.05) is 0 Å². The number of esters is 2. The van der Waals surface area contributed by atoms with Crippen molar-refractivity contribution in [2.75, 3.05) is 41.0 Å². The van der Waals surface area contributed by atoms with Crippen LogP contribution >= 0.6 is 0 Å². The minimum atomic E-state index is -1.13. The fourth-order valence-electron chi connectivity index (χ4n) is 6.47. The normalized spacial score (nSPS) is 13.3. The number of hydrogen-bond donors (Lipinski definition) is 0. The van der Waals surface area contributed by atoms with Gasteiger partial charge in [-0.2, -0.15) is 0 Å². The van der Waals surface area contributed by atoms with Crippen LogP contribution in [0.15, 0.2) is 36.5 Å². The van der Waals surface area contributed by atoms with Gasteiger partial charge in [-0.15, -0.1) is 0 Å². The molecule has 0 amide bonds. The lowest BCUT2D eigenvalue weighted by Crippen LogP contribution is -2.55. The number of nitrogens with zero attached hydrogens (tertiary/aromatic N) is 1. The molecule has 0 rings (SSSR count). The van der Waals surface area contributed by atoms with Crippen molar-refractivity contribution in [1.82, 2.24) is 0 Å². The van der Waals surface area contributed by atoms with Crippen LogP contribution in [-0.4, -0.2) is 75.5 Å². The lowest BCUT2D eigenvalue weighted by Gasteiger charge is -2.34. The maximum absolute atomic E-state index is 12.7. The SMILES string of the molecule is CCCCCCCC/C=C/CCCCCC(=O)OC(COCCC(C(=O)[O-])[N+](C)(C)C)COC(=O)CCCCCCC/C=C/C=C/CCCCCCCCC. The summed E-state index contributed by atoms with van der Waals surface area (Å²) in [5.41, 5.74) is 0. The molecular formula is C47H85NO7. The molecule has 0 bridgehead atoms. The van der Waals surface area contributed by atoms with Crippen LogP contribution in [0.25, 0.3) is 0 Å². The molecule has 0 aliphatic heterocycles. The maximum Gasteiger partial charge on any atom is 0.306 e. The van der Waals surface area contributed by atoms with Gasteiger partial charge in [0.05, 0.1) is 40.3 Å². The largest absolute Gasteiger partial charge is 0.544 e. The highest BCUT2D eigenvalue weighted by atomic mass is 16.6. The maximum atomic E-state index is 12.7. The summed E-state index contributed by atoms with van der Waals surface area (Å²) in [6.07, 6.45) is 43.1. The van der Waals surface area contributed by atoms with Crippen molar-refractivity contribution in [3.05, 3.63) is 36.5 Å². The number of ether oxygens (including phenoxy) is 3. The van der Waals surface area contributed by atoms with Crippen LogP contribution in [0.3, 0.4) is 0 Å². The van der Waals surface area contributed by atoms with Crippen molar-refractivity contribution in [1.29, 1.82) is 0 Å². The minimum absolute atomic E-state index is 0.0305. The lowest BCUT2D eigenvalue weighted by molar-refractivity contribution is -0.889. The molecule has 0 aromatic rings. The molecule has 0 aliphatic carbocycles. The van der Waals surface area contributed by atoms with Gasteiger partial charge in [0.2, 0.25) is 0 Å². The zero-order valence-electron chi connectivity index (χ0n) is 36.3. The predicted molar refractivity (Wildman–Crippen MR) is 227 cm³/mol. The third-order valence-corrected chi connectivity index (χ3v) is 10.0. The van der Waals surface area contributed by atoms with Gasteiger partial charge in [-0.25, -0.2) is 0 Å². The molecule has 0 aromatic heterocycles. The molecule has 0 aliphatic rings. The molecule has 55 heavy (non-hydrogen) atoms. The van der Waals surface area contributed by atoms with E-state index in [9.17, 15) is 19.5 Å². The second kappa shape index (κ2) is 38.4. The smallest absolute Gasteiger partial charge is 0.306 e. The highest BCUT2D eigenvalue weighted by Gasteiger charge is 2.25. The van der Waals surface area contributed by atoms with Gasteiger partial charge in [-0.3, -0.25) is 9.59 Å². The zero-order chi connectivity index (χ0) is 40.7. The third-order valence-electron chi connectivity index (χ3n) is 10.0. The van der Waals surface area contributed by atoms with Crippen molar-refractivity contribution in [2.24, 2.45) is 0 Å². The average molecular weight is 776 g/mol. The molecule has 0 heterocycles. The van der Waals surface area contributed by atoms with E-state index in [0.717, 1.165) is 70.6 Å². The lowest BCUT2D eigenvalue weighted by atomic mass is 10.1. The van der Waals surface area contributed by atoms with E-state index in [2.05, 4.69) is 50.3 Å². The van der Waals surface area contributed by atoms with E-state index in [4.69, 9.17) is 14.2 Å². The number of carbonyl (C=O) groups excluding carboxylic acids is 3. The molecule has 0 N–H and O–H groups in total.